The van der Waals surface area contributed by atoms with Gasteiger partial charge in [0.25, 0.3) is 0 Å². The summed E-state index contributed by atoms with van der Waals surface area (Å²) >= 11 is 5.87. The molecular weight excluding hydrogens is 314 g/mol. The van der Waals surface area contributed by atoms with Gasteiger partial charge in [0, 0.05) is 5.02 Å². The fourth-order valence-corrected chi connectivity index (χ4v) is 3.23. The van der Waals surface area contributed by atoms with E-state index in [1.165, 1.54) is 19.1 Å². The molecule has 0 aliphatic rings. The van der Waals surface area contributed by atoms with Crippen LogP contribution in [0.4, 0.5) is 0 Å². The van der Waals surface area contributed by atoms with E-state index < -0.39 is 16.0 Å². The van der Waals surface area contributed by atoms with Crippen molar-refractivity contribution in [1.82, 2.24) is 0 Å². The first-order valence-electron chi connectivity index (χ1n) is 6.56. The molecule has 21 heavy (non-hydrogen) atoms. The van der Waals surface area contributed by atoms with E-state index in [1.807, 2.05) is 13.8 Å². The maximum absolute atomic E-state index is 12.2. The van der Waals surface area contributed by atoms with Crippen LogP contribution < -0.4 is 5.14 Å². The van der Waals surface area contributed by atoms with Gasteiger partial charge in [-0.05, 0) is 43.9 Å². The molecule has 0 saturated heterocycles. The smallest absolute Gasteiger partial charge is 0.338 e. The Labute approximate surface area is 130 Å². The Morgan fingerprint density at radius 3 is 2.38 bits per heavy atom. The van der Waals surface area contributed by atoms with Crippen LogP contribution in [0.25, 0.3) is 0 Å². The van der Waals surface area contributed by atoms with Gasteiger partial charge in [-0.25, -0.2) is 18.4 Å². The number of sulfonamides is 1. The number of esters is 1. The molecule has 7 heteroatoms. The Balaban J connectivity index is 3.14. The summed E-state index contributed by atoms with van der Waals surface area (Å²) in [5.74, 6) is -0.221. The predicted molar refractivity (Wildman–Crippen MR) is 81.9 cm³/mol. The molecule has 1 aromatic carbocycles. The lowest BCUT2D eigenvalue weighted by Gasteiger charge is -2.17. The number of halogens is 1. The zero-order chi connectivity index (χ0) is 16.4. The molecule has 1 aromatic rings. The van der Waals surface area contributed by atoms with Crippen LogP contribution in [0.15, 0.2) is 17.0 Å². The molecule has 2 N–H and O–H groups in total. The third kappa shape index (κ3) is 4.98. The van der Waals surface area contributed by atoms with Gasteiger partial charge >= 0.3 is 5.97 Å². The molecular formula is C14H20ClNO4S. The summed E-state index contributed by atoms with van der Waals surface area (Å²) in [7, 11) is -3.95. The lowest BCUT2D eigenvalue weighted by Crippen LogP contribution is -2.20. The zero-order valence-electron chi connectivity index (χ0n) is 12.5. The molecule has 0 aliphatic carbocycles. The topological polar surface area (TPSA) is 86.5 Å². The van der Waals surface area contributed by atoms with Crippen LogP contribution in [0.3, 0.4) is 0 Å². The molecule has 118 valence electrons. The van der Waals surface area contributed by atoms with E-state index in [9.17, 15) is 13.2 Å². The van der Waals surface area contributed by atoms with Gasteiger partial charge < -0.3 is 4.74 Å². The second-order valence-electron chi connectivity index (χ2n) is 5.47. The second-order valence-corrected chi connectivity index (χ2v) is 7.43. The summed E-state index contributed by atoms with van der Waals surface area (Å²) in [6.45, 7) is 7.33. The molecule has 0 heterocycles. The summed E-state index contributed by atoms with van der Waals surface area (Å²) in [4.78, 5) is 12.0. The third-order valence-electron chi connectivity index (χ3n) is 2.96. The summed E-state index contributed by atoms with van der Waals surface area (Å²) in [5, 5.41) is 5.24. The molecule has 1 atom stereocenters. The van der Waals surface area contributed by atoms with Gasteiger partial charge in [0.2, 0.25) is 10.0 Å². The second kappa shape index (κ2) is 6.77. The quantitative estimate of drug-likeness (QED) is 0.839. The normalized spacial score (nSPS) is 13.3. The Bertz CT molecular complexity index is 641. The van der Waals surface area contributed by atoms with Crippen LogP contribution in [-0.4, -0.2) is 20.5 Å². The minimum absolute atomic E-state index is 0.113. The lowest BCUT2D eigenvalue weighted by molar-refractivity contribution is 0.0298. The van der Waals surface area contributed by atoms with Crippen molar-refractivity contribution in [2.24, 2.45) is 11.1 Å². The van der Waals surface area contributed by atoms with E-state index in [2.05, 4.69) is 0 Å². The van der Waals surface area contributed by atoms with E-state index in [4.69, 9.17) is 21.5 Å². The first kappa shape index (κ1) is 17.9. The summed E-state index contributed by atoms with van der Waals surface area (Å²) < 4.78 is 28.3. The number of hydrogen-bond acceptors (Lipinski definition) is 4. The van der Waals surface area contributed by atoms with Crippen molar-refractivity contribution in [2.75, 3.05) is 0 Å². The van der Waals surface area contributed by atoms with Crippen LogP contribution in [-0.2, 0) is 14.8 Å². The highest BCUT2D eigenvalue weighted by atomic mass is 35.5. The number of carbonyl (C=O) groups is 1. The monoisotopic (exact) mass is 333 g/mol. The van der Waals surface area contributed by atoms with Crippen molar-refractivity contribution in [1.29, 1.82) is 0 Å². The molecule has 0 bridgehead atoms. The third-order valence-corrected chi connectivity index (χ3v) is 4.22. The standard InChI is InChI=1S/C14H20ClNO4S/c1-8(2)5-9(3)20-14(17)12-6-11(15)7-13(10(12)4)21(16,18)19/h6-9H,5H2,1-4H3,(H2,16,18,19). The Morgan fingerprint density at radius 1 is 1.33 bits per heavy atom. The molecule has 5 nitrogen and oxygen atoms in total. The van der Waals surface area contributed by atoms with Gasteiger partial charge in [-0.3, -0.25) is 0 Å². The van der Waals surface area contributed by atoms with Crippen LogP contribution >= 0.6 is 11.6 Å². The van der Waals surface area contributed by atoms with Gasteiger partial charge in [-0.1, -0.05) is 25.4 Å². The lowest BCUT2D eigenvalue weighted by atomic mass is 10.1. The minimum Gasteiger partial charge on any atom is -0.459 e. The SMILES string of the molecule is Cc1c(C(=O)OC(C)CC(C)C)cc(Cl)cc1S(N)(=O)=O. The van der Waals surface area contributed by atoms with Crippen molar-refractivity contribution in [3.63, 3.8) is 0 Å². The number of benzene rings is 1. The largest absolute Gasteiger partial charge is 0.459 e. The maximum atomic E-state index is 12.2. The Morgan fingerprint density at radius 2 is 1.90 bits per heavy atom. The fourth-order valence-electron chi connectivity index (χ4n) is 2.12. The number of carbonyl (C=O) groups excluding carboxylic acids is 1. The van der Waals surface area contributed by atoms with Gasteiger partial charge in [0.1, 0.15) is 0 Å². The highest BCUT2D eigenvalue weighted by Crippen LogP contribution is 2.25. The molecule has 0 spiro atoms. The van der Waals surface area contributed by atoms with Gasteiger partial charge in [0.05, 0.1) is 16.6 Å². The average Bonchev–Trinajstić information content (AvgIpc) is 2.28. The Kier molecular flexibility index (Phi) is 5.78. The van der Waals surface area contributed by atoms with E-state index in [0.29, 0.717) is 12.3 Å². The highest BCUT2D eigenvalue weighted by molar-refractivity contribution is 7.89. The number of primary sulfonamides is 1. The molecule has 0 aliphatic heterocycles. The molecule has 0 fully saturated rings. The van der Waals surface area contributed by atoms with Gasteiger partial charge in [0.15, 0.2) is 0 Å². The number of nitrogens with two attached hydrogens (primary N) is 1. The number of rotatable bonds is 5. The fraction of sp³-hybridized carbons (Fsp3) is 0.500. The van der Waals surface area contributed by atoms with E-state index in [-0.39, 0.29) is 27.1 Å². The number of ether oxygens (including phenoxy) is 1. The maximum Gasteiger partial charge on any atom is 0.338 e. The summed E-state index contributed by atoms with van der Waals surface area (Å²) in [6.07, 6.45) is 0.446. The van der Waals surface area contributed by atoms with Gasteiger partial charge in [-0.2, -0.15) is 0 Å². The highest BCUT2D eigenvalue weighted by Gasteiger charge is 2.22. The molecule has 0 aromatic heterocycles. The van der Waals surface area contributed by atoms with Crippen LogP contribution in [0.1, 0.15) is 43.1 Å². The first-order chi connectivity index (χ1) is 9.52. The first-order valence-corrected chi connectivity index (χ1v) is 8.48. The van der Waals surface area contributed by atoms with Crippen molar-refractivity contribution < 1.29 is 17.9 Å². The van der Waals surface area contributed by atoms with Crippen LogP contribution in [0.5, 0.6) is 0 Å². The van der Waals surface area contributed by atoms with Crippen LogP contribution in [0, 0.1) is 12.8 Å². The van der Waals surface area contributed by atoms with Crippen molar-refractivity contribution in [3.8, 4) is 0 Å². The van der Waals surface area contributed by atoms with E-state index in [1.54, 1.807) is 6.92 Å². The molecule has 0 saturated carbocycles. The van der Waals surface area contributed by atoms with Crippen molar-refractivity contribution in [3.05, 3.63) is 28.3 Å². The zero-order valence-corrected chi connectivity index (χ0v) is 14.1. The number of hydrogen-bond donors (Lipinski definition) is 1. The van der Waals surface area contributed by atoms with E-state index in [0.717, 1.165) is 0 Å². The van der Waals surface area contributed by atoms with Crippen molar-refractivity contribution in [2.45, 2.75) is 45.1 Å². The molecule has 1 rings (SSSR count). The van der Waals surface area contributed by atoms with Crippen molar-refractivity contribution >= 4 is 27.6 Å². The Hall–Kier alpha value is -1.11. The summed E-state index contributed by atoms with van der Waals surface area (Å²) in [6, 6.07) is 2.61. The molecule has 1 unspecified atom stereocenters. The minimum atomic E-state index is -3.95. The van der Waals surface area contributed by atoms with Gasteiger partial charge in [-0.15, -0.1) is 0 Å². The van der Waals surface area contributed by atoms with E-state index >= 15 is 0 Å². The average molecular weight is 334 g/mol. The molecule has 0 radical (unpaired) electrons. The predicted octanol–water partition coefficient (Wildman–Crippen LogP) is 2.89. The molecule has 0 amide bonds. The van der Waals surface area contributed by atoms with Crippen LogP contribution in [0.2, 0.25) is 5.02 Å². The summed E-state index contributed by atoms with van der Waals surface area (Å²) in [5.41, 5.74) is 0.353.